The van der Waals surface area contributed by atoms with Gasteiger partial charge in [-0.1, -0.05) is 6.07 Å². The molecule has 0 aromatic carbocycles. The molecule has 1 amide bonds. The highest BCUT2D eigenvalue weighted by molar-refractivity contribution is 6.01. The van der Waals surface area contributed by atoms with Gasteiger partial charge in [-0.25, -0.2) is 4.52 Å². The van der Waals surface area contributed by atoms with Crippen molar-refractivity contribution < 1.29 is 20.1 Å². The molecule has 0 unspecified atom stereocenters. The molecule has 4 N–H and O–H groups in total. The van der Waals surface area contributed by atoms with Crippen LogP contribution in [0, 0.1) is 0 Å². The van der Waals surface area contributed by atoms with E-state index < -0.39 is 31.3 Å². The molecule has 7 nitrogen and oxygen atoms in total. The number of aliphatic hydroxyl groups excluding tert-OH is 3. The lowest BCUT2D eigenvalue weighted by atomic mass is 10.0. The zero-order chi connectivity index (χ0) is 13.9. The quantitative estimate of drug-likeness (QED) is 0.542. The number of aromatic nitrogens is 2. The number of amides is 1. The van der Waals surface area contributed by atoms with Gasteiger partial charge in [-0.2, -0.15) is 5.10 Å². The van der Waals surface area contributed by atoms with Crippen LogP contribution in [0.2, 0.25) is 0 Å². The van der Waals surface area contributed by atoms with Crippen molar-refractivity contribution in [1.29, 1.82) is 0 Å². The van der Waals surface area contributed by atoms with E-state index in [0.717, 1.165) is 0 Å². The topological polar surface area (TPSA) is 107 Å². The van der Waals surface area contributed by atoms with Crippen molar-refractivity contribution in [3.8, 4) is 0 Å². The van der Waals surface area contributed by atoms with Crippen molar-refractivity contribution in [2.24, 2.45) is 0 Å². The molecule has 2 rings (SSSR count). The van der Waals surface area contributed by atoms with Crippen LogP contribution in [0.3, 0.4) is 0 Å². The monoisotopic (exact) mass is 265 g/mol. The molecule has 2 aromatic heterocycles. The van der Waals surface area contributed by atoms with Gasteiger partial charge in [-0.15, -0.1) is 0 Å². The second kappa shape index (κ2) is 5.35. The van der Waals surface area contributed by atoms with Crippen LogP contribution >= 0.6 is 0 Å². The molecule has 0 aliphatic carbocycles. The molecule has 2 aromatic rings. The van der Waals surface area contributed by atoms with E-state index in [-0.39, 0.29) is 0 Å². The Bertz CT molecular complexity index is 569. The van der Waals surface area contributed by atoms with Gasteiger partial charge in [0.15, 0.2) is 0 Å². The van der Waals surface area contributed by atoms with E-state index in [0.29, 0.717) is 11.1 Å². The fraction of sp³-hybridized carbons (Fsp3) is 0.333. The van der Waals surface area contributed by atoms with Crippen molar-refractivity contribution in [2.45, 2.75) is 5.54 Å². The summed E-state index contributed by atoms with van der Waals surface area (Å²) < 4.78 is 1.54. The molecule has 0 aliphatic heterocycles. The second-order valence-corrected chi connectivity index (χ2v) is 4.30. The molecule has 0 aliphatic rings. The summed E-state index contributed by atoms with van der Waals surface area (Å²) in [6, 6.07) is 5.27. The minimum Gasteiger partial charge on any atom is -0.394 e. The minimum absolute atomic E-state index is 0.306. The fourth-order valence-corrected chi connectivity index (χ4v) is 1.69. The van der Waals surface area contributed by atoms with Gasteiger partial charge in [0.1, 0.15) is 5.54 Å². The molecule has 0 fully saturated rings. The zero-order valence-electron chi connectivity index (χ0n) is 10.2. The summed E-state index contributed by atoms with van der Waals surface area (Å²) in [6.07, 6.45) is 3.09. The zero-order valence-corrected chi connectivity index (χ0v) is 10.2. The van der Waals surface area contributed by atoms with Crippen LogP contribution in [0.15, 0.2) is 30.6 Å². The van der Waals surface area contributed by atoms with Gasteiger partial charge >= 0.3 is 0 Å². The third kappa shape index (κ3) is 2.43. The maximum atomic E-state index is 12.1. The molecule has 19 heavy (non-hydrogen) atoms. The number of nitrogens with one attached hydrogen (secondary N) is 1. The third-order valence-electron chi connectivity index (χ3n) is 2.96. The van der Waals surface area contributed by atoms with E-state index in [2.05, 4.69) is 10.4 Å². The summed E-state index contributed by atoms with van der Waals surface area (Å²) in [5.41, 5.74) is -0.539. The molecular weight excluding hydrogens is 250 g/mol. The predicted molar refractivity (Wildman–Crippen MR) is 66.6 cm³/mol. The molecule has 102 valence electrons. The second-order valence-electron chi connectivity index (χ2n) is 4.30. The summed E-state index contributed by atoms with van der Waals surface area (Å²) in [5.74, 6) is -0.515. The maximum absolute atomic E-state index is 12.1. The van der Waals surface area contributed by atoms with Crippen LogP contribution in [-0.4, -0.2) is 56.2 Å². The largest absolute Gasteiger partial charge is 0.394 e. The van der Waals surface area contributed by atoms with E-state index >= 15 is 0 Å². The van der Waals surface area contributed by atoms with Crippen LogP contribution < -0.4 is 5.32 Å². The Morgan fingerprint density at radius 3 is 2.58 bits per heavy atom. The third-order valence-corrected chi connectivity index (χ3v) is 2.96. The van der Waals surface area contributed by atoms with Crippen molar-refractivity contribution in [2.75, 3.05) is 19.8 Å². The Kier molecular flexibility index (Phi) is 3.79. The van der Waals surface area contributed by atoms with Gasteiger partial charge in [0, 0.05) is 6.20 Å². The van der Waals surface area contributed by atoms with Crippen molar-refractivity contribution >= 4 is 11.4 Å². The highest BCUT2D eigenvalue weighted by atomic mass is 16.3. The number of rotatable bonds is 5. The Balaban J connectivity index is 2.29. The van der Waals surface area contributed by atoms with Gasteiger partial charge in [-0.05, 0) is 12.1 Å². The van der Waals surface area contributed by atoms with E-state index in [4.69, 9.17) is 0 Å². The highest BCUT2D eigenvalue weighted by Gasteiger charge is 2.31. The Morgan fingerprint density at radius 1 is 1.26 bits per heavy atom. The summed E-state index contributed by atoms with van der Waals surface area (Å²) in [4.78, 5) is 12.1. The van der Waals surface area contributed by atoms with Gasteiger partial charge in [-0.3, -0.25) is 4.79 Å². The molecule has 0 bridgehead atoms. The lowest BCUT2D eigenvalue weighted by molar-refractivity contribution is 0.0376. The van der Waals surface area contributed by atoms with Crippen LogP contribution in [0.4, 0.5) is 0 Å². The predicted octanol–water partition coefficient (Wildman–Crippen LogP) is -1.22. The minimum atomic E-state index is -1.44. The summed E-state index contributed by atoms with van der Waals surface area (Å²) in [7, 11) is 0. The Hall–Kier alpha value is -1.96. The fourth-order valence-electron chi connectivity index (χ4n) is 1.69. The number of pyridine rings is 1. The van der Waals surface area contributed by atoms with E-state index in [1.54, 1.807) is 24.4 Å². The van der Waals surface area contributed by atoms with E-state index in [9.17, 15) is 20.1 Å². The molecule has 0 atom stereocenters. The summed E-state index contributed by atoms with van der Waals surface area (Å²) >= 11 is 0. The molecule has 0 radical (unpaired) electrons. The SMILES string of the molecule is O=C(NC(CO)(CO)CO)c1cnn2ccccc12. The lowest BCUT2D eigenvalue weighted by Gasteiger charge is -2.28. The number of nitrogens with zero attached hydrogens (tertiary/aromatic N) is 2. The average molecular weight is 265 g/mol. The van der Waals surface area contributed by atoms with Crippen molar-refractivity contribution in [3.63, 3.8) is 0 Å². The van der Waals surface area contributed by atoms with Crippen LogP contribution in [-0.2, 0) is 0 Å². The number of fused-ring (bicyclic) bond motifs is 1. The molecule has 0 spiro atoms. The van der Waals surface area contributed by atoms with Crippen molar-refractivity contribution in [1.82, 2.24) is 14.9 Å². The summed E-state index contributed by atoms with van der Waals surface area (Å²) in [6.45, 7) is -1.69. The van der Waals surface area contributed by atoms with Gasteiger partial charge < -0.3 is 20.6 Å². The molecular formula is C12H15N3O4. The van der Waals surface area contributed by atoms with Gasteiger partial charge in [0.25, 0.3) is 5.91 Å². The van der Waals surface area contributed by atoms with E-state index in [1.165, 1.54) is 10.7 Å². The highest BCUT2D eigenvalue weighted by Crippen LogP contribution is 2.12. The maximum Gasteiger partial charge on any atom is 0.255 e. The molecule has 0 saturated carbocycles. The molecule has 2 heterocycles. The number of carbonyl (C=O) groups is 1. The number of aliphatic hydroxyl groups is 3. The van der Waals surface area contributed by atoms with Gasteiger partial charge in [0.2, 0.25) is 0 Å². The first-order valence-corrected chi connectivity index (χ1v) is 5.73. The standard InChI is InChI=1S/C12H15N3O4/c16-6-12(7-17,8-18)14-11(19)9-5-13-15-4-2-1-3-10(9)15/h1-5,16-18H,6-8H2,(H,14,19). The lowest BCUT2D eigenvalue weighted by Crippen LogP contribution is -2.57. The smallest absolute Gasteiger partial charge is 0.255 e. The number of hydrogen-bond acceptors (Lipinski definition) is 5. The Labute approximate surface area is 109 Å². The normalized spacial score (nSPS) is 11.7. The first-order chi connectivity index (χ1) is 9.15. The van der Waals surface area contributed by atoms with Crippen LogP contribution in [0.1, 0.15) is 10.4 Å². The first kappa shape index (κ1) is 13.5. The van der Waals surface area contributed by atoms with Crippen molar-refractivity contribution in [3.05, 3.63) is 36.2 Å². The van der Waals surface area contributed by atoms with Crippen LogP contribution in [0.5, 0.6) is 0 Å². The number of hydrogen-bond donors (Lipinski definition) is 4. The first-order valence-electron chi connectivity index (χ1n) is 5.73. The molecule has 7 heteroatoms. The number of carbonyl (C=O) groups excluding carboxylic acids is 1. The van der Waals surface area contributed by atoms with Gasteiger partial charge in [0.05, 0.1) is 37.1 Å². The van der Waals surface area contributed by atoms with Crippen LogP contribution in [0.25, 0.3) is 5.52 Å². The Morgan fingerprint density at radius 2 is 1.95 bits per heavy atom. The molecule has 0 saturated heterocycles. The average Bonchev–Trinajstić information content (AvgIpc) is 2.89. The van der Waals surface area contributed by atoms with E-state index in [1.807, 2.05) is 0 Å². The summed E-state index contributed by atoms with van der Waals surface area (Å²) in [5, 5.41) is 34.0.